The number of hydrogen-bond acceptors (Lipinski definition) is 5. The topological polar surface area (TPSA) is 99.0 Å². The molecule has 0 aliphatic heterocycles. The van der Waals surface area contributed by atoms with Crippen molar-refractivity contribution in [2.45, 2.75) is 0 Å². The van der Waals surface area contributed by atoms with E-state index in [0.29, 0.717) is 13.1 Å². The van der Waals surface area contributed by atoms with Gasteiger partial charge in [-0.2, -0.15) is 0 Å². The van der Waals surface area contributed by atoms with Gasteiger partial charge in [0.05, 0.1) is 13.2 Å². The number of methoxy groups -OCH3 is 1. The SMILES string of the molecule is COCC(=O)O.OCCNCCO. The standard InChI is InChI=1S/C4H11NO2.C3H6O3/c6-3-1-5-2-4-7;1-6-2-3(4)5/h5-7H,1-4H2;2H2,1H3,(H,4,5). The maximum absolute atomic E-state index is 9.47. The third kappa shape index (κ3) is 24.6. The van der Waals surface area contributed by atoms with Crippen LogP contribution in [0.5, 0.6) is 0 Å². The first kappa shape index (κ1) is 14.8. The number of hydrogen-bond donors (Lipinski definition) is 4. The number of aliphatic hydroxyl groups is 2. The summed E-state index contributed by atoms with van der Waals surface area (Å²) in [5.74, 6) is -0.933. The summed E-state index contributed by atoms with van der Waals surface area (Å²) in [4.78, 5) is 9.47. The third-order valence-corrected chi connectivity index (χ3v) is 0.845. The molecule has 0 heterocycles. The zero-order valence-electron chi connectivity index (χ0n) is 7.69. The monoisotopic (exact) mass is 195 g/mol. The van der Waals surface area contributed by atoms with Crippen molar-refractivity contribution >= 4 is 5.97 Å². The van der Waals surface area contributed by atoms with Crippen LogP contribution in [0.15, 0.2) is 0 Å². The molecule has 0 atom stereocenters. The van der Waals surface area contributed by atoms with Crippen LogP contribution in [-0.4, -0.2) is 61.3 Å². The number of carboxylic acid groups (broad SMARTS) is 1. The molecule has 4 N–H and O–H groups in total. The Morgan fingerprint density at radius 3 is 1.92 bits per heavy atom. The van der Waals surface area contributed by atoms with Crippen LogP contribution >= 0.6 is 0 Å². The summed E-state index contributed by atoms with van der Waals surface area (Å²) in [6.45, 7) is 1.21. The molecule has 80 valence electrons. The highest BCUT2D eigenvalue weighted by molar-refractivity contribution is 5.67. The summed E-state index contributed by atoms with van der Waals surface area (Å²) in [5.41, 5.74) is 0. The Labute approximate surface area is 77.1 Å². The second-order valence-corrected chi connectivity index (χ2v) is 2.02. The van der Waals surface area contributed by atoms with Gasteiger partial charge >= 0.3 is 5.97 Å². The number of carbonyl (C=O) groups is 1. The summed E-state index contributed by atoms with van der Waals surface area (Å²) in [7, 11) is 1.34. The van der Waals surface area contributed by atoms with E-state index in [1.165, 1.54) is 7.11 Å². The van der Waals surface area contributed by atoms with Crippen LogP contribution in [0, 0.1) is 0 Å². The molecule has 0 aromatic heterocycles. The van der Waals surface area contributed by atoms with Crippen molar-refractivity contribution in [2.24, 2.45) is 0 Å². The van der Waals surface area contributed by atoms with Gasteiger partial charge in [-0.15, -0.1) is 0 Å². The molecule has 6 nitrogen and oxygen atoms in total. The molecule has 6 heteroatoms. The van der Waals surface area contributed by atoms with E-state index in [9.17, 15) is 4.79 Å². The van der Waals surface area contributed by atoms with Crippen LogP contribution in [0.4, 0.5) is 0 Å². The minimum atomic E-state index is -0.933. The highest BCUT2D eigenvalue weighted by Gasteiger charge is 1.87. The first-order valence-electron chi connectivity index (χ1n) is 3.82. The highest BCUT2D eigenvalue weighted by Crippen LogP contribution is 1.61. The van der Waals surface area contributed by atoms with E-state index in [0.717, 1.165) is 0 Å². The number of nitrogens with one attached hydrogen (secondary N) is 1. The predicted octanol–water partition coefficient (Wildman–Crippen LogP) is -1.72. The Kier molecular flexibility index (Phi) is 15.8. The quantitative estimate of drug-likeness (QED) is 0.376. The van der Waals surface area contributed by atoms with Crippen LogP contribution < -0.4 is 5.32 Å². The Hall–Kier alpha value is -0.690. The average Bonchev–Trinajstić information content (AvgIpc) is 2.06. The van der Waals surface area contributed by atoms with E-state index >= 15 is 0 Å². The molecular formula is C7H17NO5. The second-order valence-electron chi connectivity index (χ2n) is 2.02. The second kappa shape index (κ2) is 13.9. The van der Waals surface area contributed by atoms with Crippen molar-refractivity contribution in [3.05, 3.63) is 0 Å². The molecule has 0 bridgehead atoms. The summed E-state index contributed by atoms with van der Waals surface area (Å²) >= 11 is 0. The number of ether oxygens (including phenoxy) is 1. The van der Waals surface area contributed by atoms with Gasteiger partial charge in [-0.1, -0.05) is 0 Å². The van der Waals surface area contributed by atoms with E-state index in [4.69, 9.17) is 15.3 Å². The summed E-state index contributed by atoms with van der Waals surface area (Å²) in [6.07, 6.45) is 0. The number of carboxylic acids is 1. The van der Waals surface area contributed by atoms with Crippen LogP contribution in [0.25, 0.3) is 0 Å². The molecule has 0 fully saturated rings. The minimum absolute atomic E-state index is 0.139. The maximum atomic E-state index is 9.47. The molecule has 0 saturated heterocycles. The van der Waals surface area contributed by atoms with Crippen LogP contribution in [-0.2, 0) is 9.53 Å². The third-order valence-electron chi connectivity index (χ3n) is 0.845. The van der Waals surface area contributed by atoms with Gasteiger partial charge in [-0.25, -0.2) is 4.79 Å². The fourth-order valence-corrected chi connectivity index (χ4v) is 0.407. The molecule has 0 amide bonds. The van der Waals surface area contributed by atoms with Gasteiger partial charge in [0.15, 0.2) is 0 Å². The molecule has 0 spiro atoms. The first-order chi connectivity index (χ1) is 6.18. The van der Waals surface area contributed by atoms with Crippen LogP contribution in [0.1, 0.15) is 0 Å². The van der Waals surface area contributed by atoms with Crippen molar-refractivity contribution in [1.29, 1.82) is 0 Å². The van der Waals surface area contributed by atoms with E-state index in [1.54, 1.807) is 0 Å². The predicted molar refractivity (Wildman–Crippen MR) is 46.6 cm³/mol. The van der Waals surface area contributed by atoms with Gasteiger partial charge in [-0.05, 0) is 0 Å². The molecular weight excluding hydrogens is 178 g/mol. The Bertz CT molecular complexity index is 105. The number of aliphatic carboxylic acids is 1. The normalized spacial score (nSPS) is 8.85. The van der Waals surface area contributed by atoms with E-state index in [-0.39, 0.29) is 19.8 Å². The molecule has 0 saturated carbocycles. The summed E-state index contributed by atoms with van der Waals surface area (Å²) < 4.78 is 4.20. The van der Waals surface area contributed by atoms with Crippen molar-refractivity contribution in [1.82, 2.24) is 5.32 Å². The molecule has 0 aromatic rings. The van der Waals surface area contributed by atoms with Crippen molar-refractivity contribution in [3.63, 3.8) is 0 Å². The van der Waals surface area contributed by atoms with Crippen LogP contribution in [0.2, 0.25) is 0 Å². The Morgan fingerprint density at radius 2 is 1.77 bits per heavy atom. The largest absolute Gasteiger partial charge is 0.480 e. The first-order valence-corrected chi connectivity index (χ1v) is 3.82. The Morgan fingerprint density at radius 1 is 1.31 bits per heavy atom. The molecule has 0 unspecified atom stereocenters. The maximum Gasteiger partial charge on any atom is 0.329 e. The molecule has 0 aliphatic rings. The molecule has 13 heavy (non-hydrogen) atoms. The highest BCUT2D eigenvalue weighted by atomic mass is 16.5. The molecule has 0 rings (SSSR count). The van der Waals surface area contributed by atoms with Gasteiger partial charge in [-0.3, -0.25) is 0 Å². The van der Waals surface area contributed by atoms with Crippen molar-refractivity contribution in [2.75, 3.05) is 40.0 Å². The molecule has 0 radical (unpaired) electrons. The zero-order chi connectivity index (χ0) is 10.5. The fraction of sp³-hybridized carbons (Fsp3) is 0.857. The lowest BCUT2D eigenvalue weighted by atomic mass is 10.6. The van der Waals surface area contributed by atoms with Crippen LogP contribution in [0.3, 0.4) is 0 Å². The number of rotatable bonds is 6. The summed E-state index contributed by atoms with van der Waals surface area (Å²) in [5, 5.41) is 26.9. The van der Waals surface area contributed by atoms with E-state index in [2.05, 4.69) is 10.1 Å². The van der Waals surface area contributed by atoms with E-state index < -0.39 is 5.97 Å². The van der Waals surface area contributed by atoms with E-state index in [1.807, 2.05) is 0 Å². The minimum Gasteiger partial charge on any atom is -0.480 e. The lowest BCUT2D eigenvalue weighted by molar-refractivity contribution is -0.141. The molecule has 0 aromatic carbocycles. The van der Waals surface area contributed by atoms with Crippen molar-refractivity contribution in [3.8, 4) is 0 Å². The smallest absolute Gasteiger partial charge is 0.329 e. The lowest BCUT2D eigenvalue weighted by Gasteiger charge is -1.94. The lowest BCUT2D eigenvalue weighted by Crippen LogP contribution is -2.21. The average molecular weight is 195 g/mol. The van der Waals surface area contributed by atoms with Gasteiger partial charge in [0.25, 0.3) is 0 Å². The zero-order valence-corrected chi connectivity index (χ0v) is 7.69. The molecule has 0 aliphatic carbocycles. The van der Waals surface area contributed by atoms with Gasteiger partial charge in [0.1, 0.15) is 6.61 Å². The van der Waals surface area contributed by atoms with Gasteiger partial charge < -0.3 is 25.4 Å². The number of aliphatic hydroxyl groups excluding tert-OH is 2. The Balaban J connectivity index is 0. The summed E-state index contributed by atoms with van der Waals surface area (Å²) in [6, 6.07) is 0. The van der Waals surface area contributed by atoms with Crippen molar-refractivity contribution < 1.29 is 24.9 Å². The fourth-order valence-electron chi connectivity index (χ4n) is 0.407. The van der Waals surface area contributed by atoms with Gasteiger partial charge in [0.2, 0.25) is 0 Å². The van der Waals surface area contributed by atoms with Gasteiger partial charge in [0, 0.05) is 20.2 Å².